The summed E-state index contributed by atoms with van der Waals surface area (Å²) in [5.74, 6) is 1.89. The van der Waals surface area contributed by atoms with Crippen LogP contribution in [0.15, 0.2) is 0 Å². The van der Waals surface area contributed by atoms with Crippen molar-refractivity contribution in [2.24, 2.45) is 46.3 Å². The summed E-state index contributed by atoms with van der Waals surface area (Å²) in [5, 5.41) is 30.7. The lowest BCUT2D eigenvalue weighted by Crippen LogP contribution is -2.58. The fourth-order valence-corrected chi connectivity index (χ4v) is 8.59. The molecule has 4 heteroatoms. The summed E-state index contributed by atoms with van der Waals surface area (Å²) >= 11 is 0. The van der Waals surface area contributed by atoms with Crippen LogP contribution in [0.2, 0.25) is 0 Å². The molecule has 0 spiro atoms. The van der Waals surface area contributed by atoms with E-state index in [1.165, 1.54) is 6.42 Å². The quantitative estimate of drug-likeness (QED) is 0.691. The number of aliphatic hydroxyl groups is 2. The van der Waals surface area contributed by atoms with E-state index in [4.69, 9.17) is 0 Å². The fourth-order valence-electron chi connectivity index (χ4n) is 8.59. The molecule has 0 aromatic rings. The highest BCUT2D eigenvalue weighted by Crippen LogP contribution is 2.68. The van der Waals surface area contributed by atoms with Crippen molar-refractivity contribution in [1.82, 2.24) is 0 Å². The summed E-state index contributed by atoms with van der Waals surface area (Å²) in [6.07, 6.45) is 8.12. The van der Waals surface area contributed by atoms with Crippen LogP contribution < -0.4 is 0 Å². The molecular formula is C23H38O4. The first-order valence-electron chi connectivity index (χ1n) is 11.2. The Bertz CT molecular complexity index is 591. The van der Waals surface area contributed by atoms with Gasteiger partial charge < -0.3 is 15.3 Å². The number of carboxylic acid groups (broad SMARTS) is 1. The molecule has 154 valence electrons. The second kappa shape index (κ2) is 6.73. The van der Waals surface area contributed by atoms with Crippen LogP contribution in [0, 0.1) is 46.3 Å². The topological polar surface area (TPSA) is 77.8 Å². The minimum absolute atomic E-state index is 0.175. The van der Waals surface area contributed by atoms with Gasteiger partial charge in [0.25, 0.3) is 0 Å². The van der Waals surface area contributed by atoms with Crippen molar-refractivity contribution < 1.29 is 20.1 Å². The van der Waals surface area contributed by atoms with Crippen molar-refractivity contribution in [3.8, 4) is 0 Å². The second-order valence-electron chi connectivity index (χ2n) is 11.0. The van der Waals surface area contributed by atoms with Crippen LogP contribution in [0.1, 0.15) is 78.6 Å². The number of hydrogen-bond acceptors (Lipinski definition) is 3. The molecule has 4 aliphatic rings. The highest BCUT2D eigenvalue weighted by atomic mass is 16.4. The molecule has 4 rings (SSSR count). The van der Waals surface area contributed by atoms with E-state index >= 15 is 0 Å². The molecule has 0 aromatic heterocycles. The molecule has 3 N–H and O–H groups in total. The molecule has 0 aliphatic heterocycles. The van der Waals surface area contributed by atoms with E-state index in [9.17, 15) is 20.1 Å². The van der Waals surface area contributed by atoms with Gasteiger partial charge in [-0.3, -0.25) is 4.79 Å². The van der Waals surface area contributed by atoms with Gasteiger partial charge in [0, 0.05) is 6.42 Å². The molecule has 4 fully saturated rings. The van der Waals surface area contributed by atoms with Gasteiger partial charge in [-0.2, -0.15) is 0 Å². The van der Waals surface area contributed by atoms with Crippen molar-refractivity contribution in [2.75, 3.05) is 0 Å². The maximum atomic E-state index is 11.3. The van der Waals surface area contributed by atoms with Crippen LogP contribution in [0.3, 0.4) is 0 Å². The lowest BCUT2D eigenvalue weighted by atomic mass is 9.43. The fraction of sp³-hybridized carbons (Fsp3) is 0.957. The van der Waals surface area contributed by atoms with E-state index < -0.39 is 5.97 Å². The first-order chi connectivity index (χ1) is 12.7. The Morgan fingerprint density at radius 2 is 1.67 bits per heavy atom. The second-order valence-corrected chi connectivity index (χ2v) is 11.0. The molecule has 0 amide bonds. The number of hydrogen-bond donors (Lipinski definition) is 3. The number of carboxylic acids is 1. The summed E-state index contributed by atoms with van der Waals surface area (Å²) in [4.78, 5) is 11.3. The number of rotatable bonds is 3. The number of carbonyl (C=O) groups is 1. The van der Waals surface area contributed by atoms with Crippen LogP contribution in [0.5, 0.6) is 0 Å². The van der Waals surface area contributed by atoms with Crippen LogP contribution in [-0.2, 0) is 4.79 Å². The number of aliphatic hydroxyl groups excluding tert-OH is 2. The van der Waals surface area contributed by atoms with E-state index in [1.807, 2.05) is 0 Å². The van der Waals surface area contributed by atoms with E-state index in [0.29, 0.717) is 29.6 Å². The van der Waals surface area contributed by atoms with Crippen molar-refractivity contribution in [3.05, 3.63) is 0 Å². The lowest BCUT2D eigenvalue weighted by molar-refractivity contribution is -0.174. The van der Waals surface area contributed by atoms with E-state index in [0.717, 1.165) is 44.9 Å². The van der Waals surface area contributed by atoms with Crippen LogP contribution >= 0.6 is 0 Å². The van der Waals surface area contributed by atoms with Crippen molar-refractivity contribution in [2.45, 2.75) is 90.8 Å². The molecule has 0 bridgehead atoms. The van der Waals surface area contributed by atoms with Gasteiger partial charge in [0.05, 0.1) is 12.2 Å². The molecule has 0 heterocycles. The van der Waals surface area contributed by atoms with Gasteiger partial charge in [-0.1, -0.05) is 20.8 Å². The Hall–Kier alpha value is -0.610. The molecule has 4 saturated carbocycles. The van der Waals surface area contributed by atoms with Gasteiger partial charge in [0.2, 0.25) is 0 Å². The Labute approximate surface area is 163 Å². The number of fused-ring (bicyclic) bond motifs is 5. The zero-order chi connectivity index (χ0) is 19.6. The Kier molecular flexibility index (Phi) is 4.91. The van der Waals surface area contributed by atoms with Gasteiger partial charge in [-0.05, 0) is 97.7 Å². The summed E-state index contributed by atoms with van der Waals surface area (Å²) in [6, 6.07) is 0. The van der Waals surface area contributed by atoms with Crippen molar-refractivity contribution >= 4 is 5.97 Å². The molecule has 27 heavy (non-hydrogen) atoms. The normalized spacial score (nSPS) is 53.1. The monoisotopic (exact) mass is 378 g/mol. The largest absolute Gasteiger partial charge is 0.481 e. The zero-order valence-electron chi connectivity index (χ0n) is 17.2. The third kappa shape index (κ3) is 2.97. The third-order valence-corrected chi connectivity index (χ3v) is 9.91. The first-order valence-corrected chi connectivity index (χ1v) is 11.2. The van der Waals surface area contributed by atoms with Gasteiger partial charge in [0.1, 0.15) is 0 Å². The molecule has 4 aliphatic carbocycles. The maximum absolute atomic E-state index is 11.3. The Morgan fingerprint density at radius 3 is 2.37 bits per heavy atom. The standard InChI is InChI=1S/C23H38O4/c1-13(10-20(26)27)16-4-5-17-21-18(7-9-23(16,17)3)22(2)8-6-15(24)11-14(22)12-19(21)25/h13-19,21,24-25H,4-12H2,1-3H3,(H,26,27)/t13-,14?,15+,16-,17+,18+,19+,21+,22+,23-/m1/s1. The highest BCUT2D eigenvalue weighted by molar-refractivity contribution is 5.67. The molecule has 0 aromatic carbocycles. The Morgan fingerprint density at radius 1 is 1.00 bits per heavy atom. The molecular weight excluding hydrogens is 340 g/mol. The minimum atomic E-state index is -0.683. The third-order valence-electron chi connectivity index (χ3n) is 9.91. The lowest BCUT2D eigenvalue weighted by Gasteiger charge is -2.62. The molecule has 0 saturated heterocycles. The van der Waals surface area contributed by atoms with Gasteiger partial charge in [-0.15, -0.1) is 0 Å². The van der Waals surface area contributed by atoms with E-state index in [2.05, 4.69) is 20.8 Å². The van der Waals surface area contributed by atoms with Crippen molar-refractivity contribution in [3.63, 3.8) is 0 Å². The van der Waals surface area contributed by atoms with Crippen molar-refractivity contribution in [1.29, 1.82) is 0 Å². The van der Waals surface area contributed by atoms with Gasteiger partial charge in [-0.25, -0.2) is 0 Å². The average molecular weight is 379 g/mol. The average Bonchev–Trinajstić information content (AvgIpc) is 2.93. The van der Waals surface area contributed by atoms with Crippen LogP contribution in [0.25, 0.3) is 0 Å². The predicted molar refractivity (Wildman–Crippen MR) is 104 cm³/mol. The summed E-state index contributed by atoms with van der Waals surface area (Å²) in [6.45, 7) is 6.96. The molecule has 0 radical (unpaired) electrons. The SMILES string of the molecule is C[C@H](CC(=O)O)[C@H]1CC[C@H]2[C@@H]3[C@@H](O)CC4C[C@@H](O)CC[C@]4(C)[C@H]3CC[C@]12C. The first kappa shape index (κ1) is 19.7. The number of aliphatic carboxylic acids is 1. The zero-order valence-corrected chi connectivity index (χ0v) is 17.2. The van der Waals surface area contributed by atoms with E-state index in [-0.39, 0.29) is 35.4 Å². The molecule has 10 atom stereocenters. The van der Waals surface area contributed by atoms with E-state index in [1.54, 1.807) is 0 Å². The maximum Gasteiger partial charge on any atom is 0.303 e. The van der Waals surface area contributed by atoms with Gasteiger partial charge in [0.15, 0.2) is 0 Å². The van der Waals surface area contributed by atoms with Crippen LogP contribution in [0.4, 0.5) is 0 Å². The summed E-state index contributed by atoms with van der Waals surface area (Å²) < 4.78 is 0. The minimum Gasteiger partial charge on any atom is -0.481 e. The summed E-state index contributed by atoms with van der Waals surface area (Å²) in [7, 11) is 0. The predicted octanol–water partition coefficient (Wildman–Crippen LogP) is 4.09. The summed E-state index contributed by atoms with van der Waals surface area (Å²) in [5.41, 5.74) is 0.434. The van der Waals surface area contributed by atoms with Crippen LogP contribution in [-0.4, -0.2) is 33.5 Å². The Balaban J connectivity index is 1.60. The molecule has 4 nitrogen and oxygen atoms in total. The molecule has 1 unspecified atom stereocenters. The smallest absolute Gasteiger partial charge is 0.303 e. The highest BCUT2D eigenvalue weighted by Gasteiger charge is 2.62. The van der Waals surface area contributed by atoms with Gasteiger partial charge >= 0.3 is 5.97 Å².